The van der Waals surface area contributed by atoms with Crippen LogP contribution in [0.3, 0.4) is 0 Å². The maximum Gasteiger partial charge on any atom is 0.303 e. The molecule has 0 unspecified atom stereocenters. The Morgan fingerprint density at radius 1 is 1.59 bits per heavy atom. The minimum atomic E-state index is -0.359. The van der Waals surface area contributed by atoms with Crippen LogP contribution in [0.5, 0.6) is 0 Å². The Bertz CT molecular complexity index is 399. The lowest BCUT2D eigenvalue weighted by molar-refractivity contribution is -0.142. The predicted octanol–water partition coefficient (Wildman–Crippen LogP) is 2.47. The van der Waals surface area contributed by atoms with Crippen molar-refractivity contribution in [2.24, 2.45) is 0 Å². The standard InChI is InChI=1S/C11H14Cl2N2O2/c1-8(16)17-7-9-11(13)10(3-5-14-9)15(2)6-4-12/h3,5H,4,6-7H2,1-2H3. The molecule has 0 radical (unpaired) electrons. The molecule has 17 heavy (non-hydrogen) atoms. The highest BCUT2D eigenvalue weighted by molar-refractivity contribution is 6.33. The Kier molecular flexibility index (Phi) is 5.51. The number of nitrogens with zero attached hydrogens (tertiary/aromatic N) is 2. The van der Waals surface area contributed by atoms with E-state index < -0.39 is 0 Å². The summed E-state index contributed by atoms with van der Waals surface area (Å²) >= 11 is 11.9. The summed E-state index contributed by atoms with van der Waals surface area (Å²) in [6.07, 6.45) is 1.63. The minimum absolute atomic E-state index is 0.0801. The van der Waals surface area contributed by atoms with Crippen LogP contribution < -0.4 is 4.90 Å². The highest BCUT2D eigenvalue weighted by Crippen LogP contribution is 2.27. The number of pyridine rings is 1. The first-order valence-corrected chi connectivity index (χ1v) is 6.01. The molecule has 0 N–H and O–H groups in total. The fourth-order valence-electron chi connectivity index (χ4n) is 1.29. The summed E-state index contributed by atoms with van der Waals surface area (Å²) in [5, 5.41) is 0.487. The second-order valence-electron chi connectivity index (χ2n) is 3.48. The molecule has 0 aliphatic heterocycles. The normalized spacial score (nSPS) is 10.1. The van der Waals surface area contributed by atoms with E-state index >= 15 is 0 Å². The zero-order valence-corrected chi connectivity index (χ0v) is 11.3. The molecule has 1 aromatic rings. The number of esters is 1. The Balaban J connectivity index is 2.86. The minimum Gasteiger partial charge on any atom is -0.459 e. The second-order valence-corrected chi connectivity index (χ2v) is 4.24. The fraction of sp³-hybridized carbons (Fsp3) is 0.455. The average Bonchev–Trinajstić information content (AvgIpc) is 2.27. The fourth-order valence-corrected chi connectivity index (χ4v) is 1.85. The average molecular weight is 277 g/mol. The molecule has 0 fully saturated rings. The zero-order valence-electron chi connectivity index (χ0n) is 9.74. The van der Waals surface area contributed by atoms with Crippen LogP contribution in [0.25, 0.3) is 0 Å². The first-order chi connectivity index (χ1) is 8.06. The van der Waals surface area contributed by atoms with E-state index in [9.17, 15) is 4.79 Å². The number of carbonyl (C=O) groups is 1. The number of hydrogen-bond donors (Lipinski definition) is 0. The number of carbonyl (C=O) groups excluding carboxylic acids is 1. The van der Waals surface area contributed by atoms with Gasteiger partial charge in [-0.15, -0.1) is 11.6 Å². The van der Waals surface area contributed by atoms with Gasteiger partial charge in [-0.2, -0.15) is 0 Å². The van der Waals surface area contributed by atoms with E-state index in [1.807, 2.05) is 11.9 Å². The summed E-state index contributed by atoms with van der Waals surface area (Å²) in [5.74, 6) is 0.149. The monoisotopic (exact) mass is 276 g/mol. The quantitative estimate of drug-likeness (QED) is 0.612. The second kappa shape index (κ2) is 6.67. The molecule has 94 valence electrons. The first kappa shape index (κ1) is 14.1. The van der Waals surface area contributed by atoms with Crippen molar-refractivity contribution in [3.63, 3.8) is 0 Å². The molecule has 0 atom stereocenters. The van der Waals surface area contributed by atoms with Gasteiger partial charge in [-0.1, -0.05) is 11.6 Å². The highest BCUT2D eigenvalue weighted by Gasteiger charge is 2.11. The Labute approximate surface area is 110 Å². The van der Waals surface area contributed by atoms with Gasteiger partial charge >= 0.3 is 5.97 Å². The van der Waals surface area contributed by atoms with Crippen LogP contribution in [-0.4, -0.2) is 30.4 Å². The van der Waals surface area contributed by atoms with Gasteiger partial charge in [-0.25, -0.2) is 0 Å². The van der Waals surface area contributed by atoms with E-state index in [0.717, 1.165) is 5.69 Å². The van der Waals surface area contributed by atoms with E-state index in [0.29, 0.717) is 23.1 Å². The molecule has 1 heterocycles. The third-order valence-electron chi connectivity index (χ3n) is 2.18. The van der Waals surface area contributed by atoms with Crippen molar-refractivity contribution < 1.29 is 9.53 Å². The first-order valence-electron chi connectivity index (χ1n) is 5.10. The van der Waals surface area contributed by atoms with Crippen molar-refractivity contribution in [3.05, 3.63) is 23.0 Å². The third-order valence-corrected chi connectivity index (χ3v) is 2.77. The Morgan fingerprint density at radius 3 is 2.88 bits per heavy atom. The molecule has 0 aliphatic carbocycles. The van der Waals surface area contributed by atoms with Gasteiger partial charge < -0.3 is 9.64 Å². The van der Waals surface area contributed by atoms with Gasteiger partial charge in [-0.3, -0.25) is 9.78 Å². The molecule has 0 bridgehead atoms. The van der Waals surface area contributed by atoms with Crippen molar-refractivity contribution in [1.29, 1.82) is 0 Å². The van der Waals surface area contributed by atoms with E-state index in [2.05, 4.69) is 4.98 Å². The molecule has 0 amide bonds. The van der Waals surface area contributed by atoms with Gasteiger partial charge in [-0.05, 0) is 6.07 Å². The molecule has 0 spiro atoms. The smallest absolute Gasteiger partial charge is 0.303 e. The van der Waals surface area contributed by atoms with Crippen LogP contribution in [0.1, 0.15) is 12.6 Å². The number of rotatable bonds is 5. The molecular weight excluding hydrogens is 263 g/mol. The van der Waals surface area contributed by atoms with Crippen LogP contribution in [0.4, 0.5) is 5.69 Å². The molecule has 1 aromatic heterocycles. The molecular formula is C11H14Cl2N2O2. The SMILES string of the molecule is CC(=O)OCc1nccc(N(C)CCCl)c1Cl. The Hall–Kier alpha value is -1.00. The molecule has 6 heteroatoms. The Morgan fingerprint density at radius 2 is 2.29 bits per heavy atom. The van der Waals surface area contributed by atoms with E-state index in [1.54, 1.807) is 12.3 Å². The number of hydrogen-bond acceptors (Lipinski definition) is 4. The molecule has 0 aromatic carbocycles. The number of anilines is 1. The summed E-state index contributed by atoms with van der Waals surface area (Å²) in [7, 11) is 1.89. The van der Waals surface area contributed by atoms with Crippen molar-refractivity contribution in [3.8, 4) is 0 Å². The van der Waals surface area contributed by atoms with Crippen molar-refractivity contribution >= 4 is 34.9 Å². The van der Waals surface area contributed by atoms with Gasteiger partial charge in [0.15, 0.2) is 0 Å². The number of ether oxygens (including phenoxy) is 1. The lowest BCUT2D eigenvalue weighted by Crippen LogP contribution is -2.20. The maximum atomic E-state index is 10.7. The third kappa shape index (κ3) is 4.06. The predicted molar refractivity (Wildman–Crippen MR) is 68.7 cm³/mol. The summed E-state index contributed by atoms with van der Waals surface area (Å²) in [6.45, 7) is 2.10. The number of alkyl halides is 1. The van der Waals surface area contributed by atoms with E-state index in [-0.39, 0.29) is 12.6 Å². The van der Waals surface area contributed by atoms with Crippen LogP contribution in [0, 0.1) is 0 Å². The lowest BCUT2D eigenvalue weighted by atomic mass is 10.3. The topological polar surface area (TPSA) is 42.4 Å². The van der Waals surface area contributed by atoms with Gasteiger partial charge in [0.1, 0.15) is 6.61 Å². The highest BCUT2D eigenvalue weighted by atomic mass is 35.5. The zero-order chi connectivity index (χ0) is 12.8. The van der Waals surface area contributed by atoms with Gasteiger partial charge in [0.25, 0.3) is 0 Å². The molecule has 4 nitrogen and oxygen atoms in total. The summed E-state index contributed by atoms with van der Waals surface area (Å²) in [4.78, 5) is 16.7. The largest absolute Gasteiger partial charge is 0.459 e. The van der Waals surface area contributed by atoms with Crippen molar-refractivity contribution in [2.75, 3.05) is 24.4 Å². The number of halogens is 2. The summed E-state index contributed by atoms with van der Waals surface area (Å²) in [5.41, 5.74) is 1.37. The van der Waals surface area contributed by atoms with E-state index in [4.69, 9.17) is 27.9 Å². The van der Waals surface area contributed by atoms with Gasteiger partial charge in [0.05, 0.1) is 16.4 Å². The van der Waals surface area contributed by atoms with Crippen LogP contribution in [-0.2, 0) is 16.1 Å². The van der Waals surface area contributed by atoms with E-state index in [1.165, 1.54) is 6.92 Å². The van der Waals surface area contributed by atoms with Crippen molar-refractivity contribution in [2.45, 2.75) is 13.5 Å². The molecule has 0 aliphatic rings. The summed E-state index contributed by atoms with van der Waals surface area (Å²) < 4.78 is 4.87. The van der Waals surface area contributed by atoms with Crippen LogP contribution in [0.15, 0.2) is 12.3 Å². The molecule has 0 saturated heterocycles. The summed E-state index contributed by atoms with van der Waals surface area (Å²) in [6, 6.07) is 1.80. The van der Waals surface area contributed by atoms with Gasteiger partial charge in [0.2, 0.25) is 0 Å². The maximum absolute atomic E-state index is 10.7. The molecule has 1 rings (SSSR count). The van der Waals surface area contributed by atoms with Crippen LogP contribution in [0.2, 0.25) is 5.02 Å². The molecule has 0 saturated carbocycles. The van der Waals surface area contributed by atoms with Crippen molar-refractivity contribution in [1.82, 2.24) is 4.98 Å². The number of aromatic nitrogens is 1. The van der Waals surface area contributed by atoms with Crippen LogP contribution >= 0.6 is 23.2 Å². The van der Waals surface area contributed by atoms with Gasteiger partial charge in [0, 0.05) is 32.6 Å². The lowest BCUT2D eigenvalue weighted by Gasteiger charge is -2.20.